The predicted molar refractivity (Wildman–Crippen MR) is 83.2 cm³/mol. The summed E-state index contributed by atoms with van der Waals surface area (Å²) in [5.41, 5.74) is 7.27. The number of nitriles is 1. The van der Waals surface area contributed by atoms with Crippen molar-refractivity contribution >= 4 is 17.2 Å². The lowest BCUT2D eigenvalue weighted by Crippen LogP contribution is -2.15. The molecule has 0 saturated carbocycles. The standard InChI is InChI=1S/C18H12N2O2/c19-11-15(18(20)21)14-10-17(12-6-2-1-3-7-12)22-16-9-5-4-8-13(14)16/h1-10H,(H2,20,21)/b15-14-. The number of hydrogen-bond donors (Lipinski definition) is 1. The quantitative estimate of drug-likeness (QED) is 0.682. The molecule has 2 N–H and O–H groups in total. The van der Waals surface area contributed by atoms with Crippen molar-refractivity contribution in [2.24, 2.45) is 5.73 Å². The second kappa shape index (κ2) is 5.58. The second-order valence-corrected chi connectivity index (χ2v) is 4.74. The topological polar surface area (TPSA) is 76.1 Å². The Bertz CT molecular complexity index is 843. The summed E-state index contributed by atoms with van der Waals surface area (Å²) in [4.78, 5) is 11.6. The Morgan fingerprint density at radius 3 is 2.41 bits per heavy atom. The SMILES string of the molecule is N#C/C(C(N)=O)=C1\C=C(c2ccccc2)Oc2ccccc21. The van der Waals surface area contributed by atoms with Gasteiger partial charge in [0.1, 0.15) is 23.2 Å². The van der Waals surface area contributed by atoms with Gasteiger partial charge < -0.3 is 10.5 Å². The maximum Gasteiger partial charge on any atom is 0.259 e. The van der Waals surface area contributed by atoms with Crippen LogP contribution in [0.5, 0.6) is 5.75 Å². The molecule has 1 aliphatic heterocycles. The maximum absolute atomic E-state index is 11.6. The number of carbonyl (C=O) groups is 1. The maximum atomic E-state index is 11.6. The molecule has 2 aromatic carbocycles. The van der Waals surface area contributed by atoms with Crippen molar-refractivity contribution in [2.75, 3.05) is 0 Å². The fourth-order valence-electron chi connectivity index (χ4n) is 2.33. The molecule has 4 heteroatoms. The molecule has 4 nitrogen and oxygen atoms in total. The van der Waals surface area contributed by atoms with E-state index in [0.717, 1.165) is 5.56 Å². The van der Waals surface area contributed by atoms with Gasteiger partial charge in [0.2, 0.25) is 0 Å². The van der Waals surface area contributed by atoms with Crippen molar-refractivity contribution in [1.82, 2.24) is 0 Å². The van der Waals surface area contributed by atoms with E-state index in [9.17, 15) is 10.1 Å². The van der Waals surface area contributed by atoms with Crippen molar-refractivity contribution in [2.45, 2.75) is 0 Å². The first kappa shape index (κ1) is 13.7. The van der Waals surface area contributed by atoms with Gasteiger partial charge in [-0.25, -0.2) is 0 Å². The van der Waals surface area contributed by atoms with Crippen LogP contribution in [0.2, 0.25) is 0 Å². The van der Waals surface area contributed by atoms with E-state index < -0.39 is 5.91 Å². The van der Waals surface area contributed by atoms with Crippen LogP contribution in [-0.4, -0.2) is 5.91 Å². The molecule has 3 rings (SSSR count). The smallest absolute Gasteiger partial charge is 0.259 e. The van der Waals surface area contributed by atoms with Gasteiger partial charge in [0, 0.05) is 16.7 Å². The summed E-state index contributed by atoms with van der Waals surface area (Å²) in [7, 11) is 0. The summed E-state index contributed by atoms with van der Waals surface area (Å²) in [5, 5.41) is 9.25. The number of carbonyl (C=O) groups excluding carboxylic acids is 1. The number of para-hydroxylation sites is 1. The molecule has 0 atom stereocenters. The molecule has 0 saturated heterocycles. The lowest BCUT2D eigenvalue weighted by molar-refractivity contribution is -0.114. The molecule has 106 valence electrons. The first-order valence-electron chi connectivity index (χ1n) is 6.69. The molecule has 0 bridgehead atoms. The van der Waals surface area contributed by atoms with Gasteiger partial charge >= 0.3 is 0 Å². The molecule has 0 radical (unpaired) electrons. The van der Waals surface area contributed by atoms with E-state index >= 15 is 0 Å². The highest BCUT2D eigenvalue weighted by Gasteiger charge is 2.22. The van der Waals surface area contributed by atoms with Gasteiger partial charge in [-0.05, 0) is 12.1 Å². The molecule has 0 fully saturated rings. The van der Waals surface area contributed by atoms with Crippen molar-refractivity contribution in [3.8, 4) is 11.8 Å². The summed E-state index contributed by atoms with van der Waals surface area (Å²) < 4.78 is 5.89. The van der Waals surface area contributed by atoms with Gasteiger partial charge in [-0.1, -0.05) is 48.5 Å². The van der Waals surface area contributed by atoms with Crippen LogP contribution in [-0.2, 0) is 4.79 Å². The molecule has 0 aromatic heterocycles. The van der Waals surface area contributed by atoms with E-state index in [-0.39, 0.29) is 5.57 Å². The Hall–Kier alpha value is -3.32. The summed E-state index contributed by atoms with van der Waals surface area (Å²) >= 11 is 0. The van der Waals surface area contributed by atoms with Crippen LogP contribution in [0.25, 0.3) is 11.3 Å². The van der Waals surface area contributed by atoms with Crippen LogP contribution >= 0.6 is 0 Å². The highest BCUT2D eigenvalue weighted by Crippen LogP contribution is 2.38. The minimum Gasteiger partial charge on any atom is -0.456 e. The minimum absolute atomic E-state index is 0.0795. The summed E-state index contributed by atoms with van der Waals surface area (Å²) in [6.07, 6.45) is 1.68. The number of allylic oxidation sites excluding steroid dienone is 2. The lowest BCUT2D eigenvalue weighted by atomic mass is 9.95. The van der Waals surface area contributed by atoms with Crippen LogP contribution in [0.1, 0.15) is 11.1 Å². The molecule has 22 heavy (non-hydrogen) atoms. The molecule has 0 unspecified atom stereocenters. The largest absolute Gasteiger partial charge is 0.456 e. The Morgan fingerprint density at radius 2 is 1.73 bits per heavy atom. The average Bonchev–Trinajstić information content (AvgIpc) is 2.56. The molecule has 0 spiro atoms. The van der Waals surface area contributed by atoms with Crippen LogP contribution in [0, 0.1) is 11.3 Å². The first-order valence-corrected chi connectivity index (χ1v) is 6.69. The Labute approximate surface area is 127 Å². The third-order valence-electron chi connectivity index (χ3n) is 3.36. The molecular formula is C18H12N2O2. The third kappa shape index (κ3) is 2.36. The normalized spacial score (nSPS) is 15.0. The molecule has 2 aromatic rings. The van der Waals surface area contributed by atoms with Gasteiger partial charge in [0.25, 0.3) is 5.91 Å². The van der Waals surface area contributed by atoms with Crippen LogP contribution < -0.4 is 10.5 Å². The number of amides is 1. The average molecular weight is 288 g/mol. The van der Waals surface area contributed by atoms with E-state index in [0.29, 0.717) is 22.6 Å². The molecule has 1 heterocycles. The van der Waals surface area contributed by atoms with Gasteiger partial charge in [-0.15, -0.1) is 0 Å². The van der Waals surface area contributed by atoms with Gasteiger partial charge in [-0.3, -0.25) is 4.79 Å². The predicted octanol–water partition coefficient (Wildman–Crippen LogP) is 2.88. The third-order valence-corrected chi connectivity index (χ3v) is 3.36. The van der Waals surface area contributed by atoms with E-state index in [1.54, 1.807) is 18.2 Å². The van der Waals surface area contributed by atoms with Crippen molar-refractivity contribution in [3.05, 3.63) is 77.4 Å². The zero-order chi connectivity index (χ0) is 15.5. The van der Waals surface area contributed by atoms with E-state index in [1.807, 2.05) is 48.5 Å². The first-order chi connectivity index (χ1) is 10.7. The highest BCUT2D eigenvalue weighted by atomic mass is 16.5. The van der Waals surface area contributed by atoms with Crippen molar-refractivity contribution in [3.63, 3.8) is 0 Å². The number of fused-ring (bicyclic) bond motifs is 1. The number of nitrogens with two attached hydrogens (primary N) is 1. The van der Waals surface area contributed by atoms with Crippen molar-refractivity contribution in [1.29, 1.82) is 5.26 Å². The number of ether oxygens (including phenoxy) is 1. The minimum atomic E-state index is -0.752. The monoisotopic (exact) mass is 288 g/mol. The Morgan fingerprint density at radius 1 is 1.05 bits per heavy atom. The van der Waals surface area contributed by atoms with Gasteiger partial charge in [0.05, 0.1) is 0 Å². The molecular weight excluding hydrogens is 276 g/mol. The van der Waals surface area contributed by atoms with Gasteiger partial charge in [-0.2, -0.15) is 5.26 Å². The van der Waals surface area contributed by atoms with Gasteiger partial charge in [0.15, 0.2) is 0 Å². The summed E-state index contributed by atoms with van der Waals surface area (Å²) in [6, 6.07) is 18.6. The van der Waals surface area contributed by atoms with E-state index in [1.165, 1.54) is 0 Å². The summed E-state index contributed by atoms with van der Waals surface area (Å²) in [6.45, 7) is 0. The number of primary amides is 1. The molecule has 0 aliphatic carbocycles. The van der Waals surface area contributed by atoms with Crippen LogP contribution in [0.4, 0.5) is 0 Å². The van der Waals surface area contributed by atoms with Crippen molar-refractivity contribution < 1.29 is 9.53 Å². The molecule has 1 aliphatic rings. The van der Waals surface area contributed by atoms with Crippen LogP contribution in [0.15, 0.2) is 66.2 Å². The van der Waals surface area contributed by atoms with E-state index in [2.05, 4.69) is 0 Å². The zero-order valence-electron chi connectivity index (χ0n) is 11.6. The number of nitrogens with zero attached hydrogens (tertiary/aromatic N) is 1. The fourth-order valence-corrected chi connectivity index (χ4v) is 2.33. The highest BCUT2D eigenvalue weighted by molar-refractivity contribution is 6.08. The number of benzene rings is 2. The van der Waals surface area contributed by atoms with Crippen LogP contribution in [0.3, 0.4) is 0 Å². The number of rotatable bonds is 2. The second-order valence-electron chi connectivity index (χ2n) is 4.74. The van der Waals surface area contributed by atoms with E-state index in [4.69, 9.17) is 10.5 Å². The Balaban J connectivity index is 2.24. The molecule has 1 amide bonds. The number of hydrogen-bond acceptors (Lipinski definition) is 3. The fraction of sp³-hybridized carbons (Fsp3) is 0. The summed E-state index contributed by atoms with van der Waals surface area (Å²) in [5.74, 6) is 0.411. The Kier molecular flexibility index (Phi) is 3.47. The lowest BCUT2D eigenvalue weighted by Gasteiger charge is -2.20. The zero-order valence-corrected chi connectivity index (χ0v) is 11.6.